The maximum atomic E-state index is 6.11. The van der Waals surface area contributed by atoms with Crippen LogP contribution in [0.25, 0.3) is 0 Å². The van der Waals surface area contributed by atoms with Crippen molar-refractivity contribution in [2.75, 3.05) is 26.2 Å². The molecule has 106 valence electrons. The number of morpholine rings is 1. The van der Waals surface area contributed by atoms with Crippen molar-refractivity contribution >= 4 is 23.2 Å². The van der Waals surface area contributed by atoms with Gasteiger partial charge in [0.25, 0.3) is 0 Å². The molecule has 1 saturated heterocycles. The van der Waals surface area contributed by atoms with E-state index in [0.717, 1.165) is 31.7 Å². The molecule has 1 aliphatic rings. The van der Waals surface area contributed by atoms with Crippen LogP contribution in [0.3, 0.4) is 0 Å². The lowest BCUT2D eigenvalue weighted by molar-refractivity contribution is -0.0676. The molecule has 2 N–H and O–H groups in total. The van der Waals surface area contributed by atoms with Crippen molar-refractivity contribution in [3.8, 4) is 0 Å². The van der Waals surface area contributed by atoms with Gasteiger partial charge >= 0.3 is 0 Å². The Hall–Kier alpha value is -0.320. The molecule has 2 rings (SSSR count). The smallest absolute Gasteiger partial charge is 0.0894 e. The minimum Gasteiger partial charge on any atom is -0.374 e. The minimum atomic E-state index is -0.00478. The zero-order chi connectivity index (χ0) is 13.8. The fraction of sp³-hybridized carbons (Fsp3) is 0.571. The fourth-order valence-corrected chi connectivity index (χ4v) is 3.24. The van der Waals surface area contributed by atoms with Crippen molar-refractivity contribution in [1.29, 1.82) is 0 Å². The SMILES string of the molecule is CCCN1CCOC(CN)C1c1cc(Cl)cc(Cl)c1. The lowest BCUT2D eigenvalue weighted by Crippen LogP contribution is -2.48. The van der Waals surface area contributed by atoms with E-state index in [1.54, 1.807) is 6.07 Å². The first-order valence-electron chi connectivity index (χ1n) is 6.67. The lowest BCUT2D eigenvalue weighted by atomic mass is 9.97. The number of halogens is 2. The van der Waals surface area contributed by atoms with E-state index in [1.165, 1.54) is 0 Å². The van der Waals surface area contributed by atoms with E-state index >= 15 is 0 Å². The molecule has 3 nitrogen and oxygen atoms in total. The van der Waals surface area contributed by atoms with Crippen LogP contribution in [0.15, 0.2) is 18.2 Å². The van der Waals surface area contributed by atoms with Gasteiger partial charge in [0.05, 0.1) is 18.8 Å². The zero-order valence-corrected chi connectivity index (χ0v) is 12.6. The molecule has 0 aliphatic carbocycles. The summed E-state index contributed by atoms with van der Waals surface area (Å²) >= 11 is 12.2. The highest BCUT2D eigenvalue weighted by molar-refractivity contribution is 6.34. The Morgan fingerprint density at radius 2 is 2.00 bits per heavy atom. The van der Waals surface area contributed by atoms with Crippen molar-refractivity contribution in [1.82, 2.24) is 4.90 Å². The molecule has 1 aromatic carbocycles. The summed E-state index contributed by atoms with van der Waals surface area (Å²) in [7, 11) is 0. The third kappa shape index (κ3) is 3.61. The molecule has 1 heterocycles. The fourth-order valence-electron chi connectivity index (χ4n) is 2.69. The van der Waals surface area contributed by atoms with Crippen LogP contribution in [0.4, 0.5) is 0 Å². The molecule has 0 aromatic heterocycles. The monoisotopic (exact) mass is 302 g/mol. The molecule has 2 atom stereocenters. The summed E-state index contributed by atoms with van der Waals surface area (Å²) in [6.45, 7) is 5.34. The molecular weight excluding hydrogens is 283 g/mol. The van der Waals surface area contributed by atoms with E-state index in [0.29, 0.717) is 16.6 Å². The van der Waals surface area contributed by atoms with E-state index < -0.39 is 0 Å². The number of rotatable bonds is 4. The highest BCUT2D eigenvalue weighted by atomic mass is 35.5. The summed E-state index contributed by atoms with van der Waals surface area (Å²) in [4.78, 5) is 2.41. The summed E-state index contributed by atoms with van der Waals surface area (Å²) in [5.41, 5.74) is 6.93. The number of nitrogens with two attached hydrogens (primary N) is 1. The van der Waals surface area contributed by atoms with E-state index in [2.05, 4.69) is 11.8 Å². The van der Waals surface area contributed by atoms with E-state index in [9.17, 15) is 0 Å². The van der Waals surface area contributed by atoms with Gasteiger partial charge in [0.15, 0.2) is 0 Å². The first-order chi connectivity index (χ1) is 9.15. The predicted octanol–water partition coefficient (Wildman–Crippen LogP) is 3.10. The Balaban J connectivity index is 2.33. The first-order valence-corrected chi connectivity index (χ1v) is 7.43. The molecule has 0 bridgehead atoms. The third-order valence-corrected chi connectivity index (χ3v) is 3.86. The zero-order valence-electron chi connectivity index (χ0n) is 11.1. The Bertz CT molecular complexity index is 406. The highest BCUT2D eigenvalue weighted by Crippen LogP contribution is 2.32. The summed E-state index contributed by atoms with van der Waals surface area (Å²) in [6, 6.07) is 5.79. The van der Waals surface area contributed by atoms with Crippen LogP contribution >= 0.6 is 23.2 Å². The van der Waals surface area contributed by atoms with Gasteiger partial charge < -0.3 is 10.5 Å². The molecule has 1 fully saturated rings. The van der Waals surface area contributed by atoms with Crippen molar-refractivity contribution < 1.29 is 4.74 Å². The average molecular weight is 303 g/mol. The second-order valence-corrected chi connectivity index (χ2v) is 5.70. The van der Waals surface area contributed by atoms with Gasteiger partial charge in [0, 0.05) is 23.1 Å². The Morgan fingerprint density at radius 1 is 1.32 bits per heavy atom. The largest absolute Gasteiger partial charge is 0.374 e. The van der Waals surface area contributed by atoms with Gasteiger partial charge in [-0.2, -0.15) is 0 Å². The van der Waals surface area contributed by atoms with Gasteiger partial charge in [-0.25, -0.2) is 0 Å². The second kappa shape index (κ2) is 6.91. The molecule has 1 aromatic rings. The Morgan fingerprint density at radius 3 is 2.58 bits per heavy atom. The van der Waals surface area contributed by atoms with Gasteiger partial charge in [-0.05, 0) is 36.7 Å². The first kappa shape index (κ1) is 15.1. The maximum absolute atomic E-state index is 6.11. The highest BCUT2D eigenvalue weighted by Gasteiger charge is 2.32. The van der Waals surface area contributed by atoms with E-state index in [4.69, 9.17) is 33.7 Å². The molecule has 1 aliphatic heterocycles. The molecule has 0 amide bonds. The summed E-state index contributed by atoms with van der Waals surface area (Å²) in [5.74, 6) is 0. The van der Waals surface area contributed by atoms with Crippen molar-refractivity contribution in [2.24, 2.45) is 5.73 Å². The molecule has 5 heteroatoms. The van der Waals surface area contributed by atoms with Gasteiger partial charge in [0.1, 0.15) is 0 Å². The third-order valence-electron chi connectivity index (χ3n) is 3.43. The van der Waals surface area contributed by atoms with E-state index in [-0.39, 0.29) is 12.1 Å². The number of hydrogen-bond acceptors (Lipinski definition) is 3. The predicted molar refractivity (Wildman–Crippen MR) is 79.9 cm³/mol. The Kier molecular flexibility index (Phi) is 5.48. The van der Waals surface area contributed by atoms with Gasteiger partial charge in [-0.1, -0.05) is 30.1 Å². The lowest BCUT2D eigenvalue weighted by Gasteiger charge is -2.41. The van der Waals surface area contributed by atoms with Gasteiger partial charge in [-0.15, -0.1) is 0 Å². The van der Waals surface area contributed by atoms with Crippen LogP contribution in [0, 0.1) is 0 Å². The maximum Gasteiger partial charge on any atom is 0.0894 e. The van der Waals surface area contributed by atoms with Crippen LogP contribution in [0.5, 0.6) is 0 Å². The standard InChI is InChI=1S/C14H20Cl2N2O/c1-2-3-18-4-5-19-13(9-17)14(18)10-6-11(15)8-12(16)7-10/h6-8,13-14H,2-5,9,17H2,1H3. The van der Waals surface area contributed by atoms with Crippen molar-refractivity contribution in [3.63, 3.8) is 0 Å². The van der Waals surface area contributed by atoms with Crippen molar-refractivity contribution in [2.45, 2.75) is 25.5 Å². The molecular formula is C14H20Cl2N2O. The number of benzene rings is 1. The molecule has 19 heavy (non-hydrogen) atoms. The van der Waals surface area contributed by atoms with Crippen LogP contribution < -0.4 is 5.73 Å². The second-order valence-electron chi connectivity index (χ2n) is 4.83. The van der Waals surface area contributed by atoms with Crippen molar-refractivity contribution in [3.05, 3.63) is 33.8 Å². The van der Waals surface area contributed by atoms with Crippen LogP contribution in [0.2, 0.25) is 10.0 Å². The van der Waals surface area contributed by atoms with E-state index in [1.807, 2.05) is 12.1 Å². The number of ether oxygens (including phenoxy) is 1. The normalized spacial score (nSPS) is 24.6. The quantitative estimate of drug-likeness (QED) is 0.929. The summed E-state index contributed by atoms with van der Waals surface area (Å²) < 4.78 is 5.80. The molecule has 0 saturated carbocycles. The van der Waals surface area contributed by atoms with Crippen LogP contribution in [0.1, 0.15) is 24.9 Å². The summed E-state index contributed by atoms with van der Waals surface area (Å²) in [5, 5.41) is 1.31. The average Bonchev–Trinajstić information content (AvgIpc) is 2.37. The number of hydrogen-bond donors (Lipinski definition) is 1. The summed E-state index contributed by atoms with van der Waals surface area (Å²) in [6.07, 6.45) is 1.09. The molecule has 0 spiro atoms. The van der Waals surface area contributed by atoms with Gasteiger partial charge in [0.2, 0.25) is 0 Å². The van der Waals surface area contributed by atoms with Gasteiger partial charge in [-0.3, -0.25) is 4.90 Å². The number of nitrogens with zero attached hydrogens (tertiary/aromatic N) is 1. The topological polar surface area (TPSA) is 38.5 Å². The molecule has 2 unspecified atom stereocenters. The van der Waals surface area contributed by atoms with Crippen LogP contribution in [-0.4, -0.2) is 37.2 Å². The molecule has 0 radical (unpaired) electrons. The Labute approximate surface area is 124 Å². The van der Waals surface area contributed by atoms with Crippen LogP contribution in [-0.2, 0) is 4.74 Å². The minimum absolute atomic E-state index is 0.00478.